The second-order valence-electron chi connectivity index (χ2n) is 3.94. The van der Waals surface area contributed by atoms with Crippen LogP contribution in [0.25, 0.3) is 5.69 Å². The average molecular weight is 274 g/mol. The minimum atomic E-state index is -0.332. The molecule has 0 aliphatic heterocycles. The van der Waals surface area contributed by atoms with Crippen LogP contribution in [0.5, 0.6) is 0 Å². The highest BCUT2D eigenvalue weighted by molar-refractivity contribution is 7.09. The van der Waals surface area contributed by atoms with E-state index in [1.165, 1.54) is 28.3 Å². The predicted octanol–water partition coefficient (Wildman–Crippen LogP) is 3.08. The molecule has 96 valence electrons. The SMILES string of the molecule is Fc1cc(NCc2cccs2)ccc1-n1cncn1. The third kappa shape index (κ3) is 2.63. The maximum absolute atomic E-state index is 14.0. The largest absolute Gasteiger partial charge is 0.380 e. The molecule has 0 atom stereocenters. The molecular formula is C13H11FN4S. The van der Waals surface area contributed by atoms with Gasteiger partial charge in [-0.2, -0.15) is 5.10 Å². The van der Waals surface area contributed by atoms with Crippen LogP contribution in [0.15, 0.2) is 48.4 Å². The van der Waals surface area contributed by atoms with Gasteiger partial charge in [0.25, 0.3) is 0 Å². The first-order valence-corrected chi connectivity index (χ1v) is 6.62. The van der Waals surface area contributed by atoms with Gasteiger partial charge >= 0.3 is 0 Å². The van der Waals surface area contributed by atoms with E-state index in [4.69, 9.17) is 0 Å². The summed E-state index contributed by atoms with van der Waals surface area (Å²) in [4.78, 5) is 5.01. The highest BCUT2D eigenvalue weighted by atomic mass is 32.1. The van der Waals surface area contributed by atoms with Crippen molar-refractivity contribution in [3.8, 4) is 5.69 Å². The van der Waals surface area contributed by atoms with Crippen molar-refractivity contribution in [3.63, 3.8) is 0 Å². The normalized spacial score (nSPS) is 10.6. The summed E-state index contributed by atoms with van der Waals surface area (Å²) in [5.41, 5.74) is 1.13. The Kier molecular flexibility index (Phi) is 3.24. The number of nitrogens with zero attached hydrogens (tertiary/aromatic N) is 3. The topological polar surface area (TPSA) is 42.7 Å². The van der Waals surface area contributed by atoms with Gasteiger partial charge in [0.15, 0.2) is 5.82 Å². The Morgan fingerprint density at radius 1 is 1.32 bits per heavy atom. The molecule has 0 saturated carbocycles. The summed E-state index contributed by atoms with van der Waals surface area (Å²) in [5, 5.41) is 9.12. The number of aromatic nitrogens is 3. The molecular weight excluding hydrogens is 263 g/mol. The van der Waals surface area contributed by atoms with E-state index in [2.05, 4.69) is 15.4 Å². The van der Waals surface area contributed by atoms with Crippen LogP contribution in [-0.4, -0.2) is 14.8 Å². The van der Waals surface area contributed by atoms with Gasteiger partial charge in [0.1, 0.15) is 18.3 Å². The smallest absolute Gasteiger partial charge is 0.150 e. The standard InChI is InChI=1S/C13H11FN4S/c14-12-6-10(16-7-11-2-1-5-19-11)3-4-13(12)18-9-15-8-17-18/h1-6,8-9,16H,7H2. The van der Waals surface area contributed by atoms with E-state index in [0.717, 1.165) is 5.69 Å². The van der Waals surface area contributed by atoms with Gasteiger partial charge in [-0.25, -0.2) is 14.1 Å². The van der Waals surface area contributed by atoms with E-state index in [1.807, 2.05) is 23.6 Å². The molecule has 3 rings (SSSR count). The van der Waals surface area contributed by atoms with E-state index in [0.29, 0.717) is 12.2 Å². The summed E-state index contributed by atoms with van der Waals surface area (Å²) in [6, 6.07) is 9.01. The van der Waals surface area contributed by atoms with Crippen LogP contribution in [-0.2, 0) is 6.54 Å². The third-order valence-corrected chi connectivity index (χ3v) is 3.54. The Morgan fingerprint density at radius 3 is 2.95 bits per heavy atom. The number of halogens is 1. The molecule has 2 heterocycles. The second-order valence-corrected chi connectivity index (χ2v) is 4.97. The minimum Gasteiger partial charge on any atom is -0.380 e. The van der Waals surface area contributed by atoms with Gasteiger partial charge in [-0.1, -0.05) is 6.07 Å². The molecule has 0 unspecified atom stereocenters. The van der Waals surface area contributed by atoms with E-state index in [-0.39, 0.29) is 5.82 Å². The Hall–Kier alpha value is -2.21. The monoisotopic (exact) mass is 274 g/mol. The lowest BCUT2D eigenvalue weighted by Crippen LogP contribution is -2.01. The van der Waals surface area contributed by atoms with Gasteiger partial charge in [0.2, 0.25) is 0 Å². The van der Waals surface area contributed by atoms with Crippen LogP contribution in [0.3, 0.4) is 0 Å². The van der Waals surface area contributed by atoms with E-state index < -0.39 is 0 Å². The van der Waals surface area contributed by atoms with Crippen LogP contribution in [0.2, 0.25) is 0 Å². The third-order valence-electron chi connectivity index (χ3n) is 2.66. The summed E-state index contributed by atoms with van der Waals surface area (Å²) in [7, 11) is 0. The average Bonchev–Trinajstić information content (AvgIpc) is 3.10. The van der Waals surface area contributed by atoms with Crippen molar-refractivity contribution >= 4 is 17.0 Å². The van der Waals surface area contributed by atoms with Crippen LogP contribution < -0.4 is 5.32 Å². The summed E-state index contributed by atoms with van der Waals surface area (Å²) in [6.45, 7) is 0.694. The highest BCUT2D eigenvalue weighted by Gasteiger charge is 2.06. The number of hydrogen-bond donors (Lipinski definition) is 1. The summed E-state index contributed by atoms with van der Waals surface area (Å²) >= 11 is 1.67. The first kappa shape index (κ1) is 11.9. The second kappa shape index (κ2) is 5.19. The fourth-order valence-corrected chi connectivity index (χ4v) is 2.38. The zero-order valence-electron chi connectivity index (χ0n) is 9.95. The van der Waals surface area contributed by atoms with Crippen molar-refractivity contribution < 1.29 is 4.39 Å². The Balaban J connectivity index is 1.76. The van der Waals surface area contributed by atoms with Crippen LogP contribution >= 0.6 is 11.3 Å². The number of rotatable bonds is 4. The van der Waals surface area contributed by atoms with Crippen molar-refractivity contribution in [2.45, 2.75) is 6.54 Å². The molecule has 3 aromatic rings. The molecule has 0 amide bonds. The highest BCUT2D eigenvalue weighted by Crippen LogP contribution is 2.18. The number of anilines is 1. The first-order valence-electron chi connectivity index (χ1n) is 5.74. The minimum absolute atomic E-state index is 0.332. The predicted molar refractivity (Wildman–Crippen MR) is 73.0 cm³/mol. The van der Waals surface area contributed by atoms with Gasteiger partial charge in [-0.05, 0) is 29.6 Å². The molecule has 19 heavy (non-hydrogen) atoms. The molecule has 0 radical (unpaired) electrons. The van der Waals surface area contributed by atoms with Gasteiger partial charge in [0.05, 0.1) is 0 Å². The Bertz CT molecular complexity index is 649. The zero-order valence-corrected chi connectivity index (χ0v) is 10.8. The van der Waals surface area contributed by atoms with Crippen molar-refractivity contribution in [3.05, 3.63) is 59.1 Å². The Labute approximate surface area is 113 Å². The number of hydrogen-bond acceptors (Lipinski definition) is 4. The number of benzene rings is 1. The lowest BCUT2D eigenvalue weighted by molar-refractivity contribution is 0.611. The van der Waals surface area contributed by atoms with Crippen molar-refractivity contribution in [2.24, 2.45) is 0 Å². The fraction of sp³-hybridized carbons (Fsp3) is 0.0769. The molecule has 0 aliphatic rings. The first-order chi connectivity index (χ1) is 9.33. The number of nitrogens with one attached hydrogen (secondary N) is 1. The van der Waals surface area contributed by atoms with Crippen molar-refractivity contribution in [1.29, 1.82) is 0 Å². The maximum atomic E-state index is 14.0. The van der Waals surface area contributed by atoms with Crippen molar-refractivity contribution in [2.75, 3.05) is 5.32 Å². The zero-order chi connectivity index (χ0) is 13.1. The molecule has 1 aromatic carbocycles. The molecule has 4 nitrogen and oxygen atoms in total. The van der Waals surface area contributed by atoms with Crippen LogP contribution in [0.1, 0.15) is 4.88 Å². The molecule has 0 aliphatic carbocycles. The van der Waals surface area contributed by atoms with Gasteiger partial charge in [-0.15, -0.1) is 11.3 Å². The lowest BCUT2D eigenvalue weighted by atomic mass is 10.2. The van der Waals surface area contributed by atoms with E-state index in [9.17, 15) is 4.39 Å². The fourth-order valence-electron chi connectivity index (χ4n) is 1.74. The summed E-state index contributed by atoms with van der Waals surface area (Å²) in [6.07, 6.45) is 2.85. The molecule has 0 spiro atoms. The lowest BCUT2D eigenvalue weighted by Gasteiger charge is -2.07. The quantitative estimate of drug-likeness (QED) is 0.795. The molecule has 1 N–H and O–H groups in total. The molecule has 6 heteroatoms. The Morgan fingerprint density at radius 2 is 2.26 bits per heavy atom. The molecule has 2 aromatic heterocycles. The number of thiophene rings is 1. The summed E-state index contributed by atoms with van der Waals surface area (Å²) in [5.74, 6) is -0.332. The van der Waals surface area contributed by atoms with E-state index in [1.54, 1.807) is 17.4 Å². The molecule has 0 bridgehead atoms. The van der Waals surface area contributed by atoms with Crippen LogP contribution in [0, 0.1) is 5.82 Å². The van der Waals surface area contributed by atoms with E-state index >= 15 is 0 Å². The van der Waals surface area contributed by atoms with Gasteiger partial charge in [0, 0.05) is 17.1 Å². The van der Waals surface area contributed by atoms with Gasteiger partial charge < -0.3 is 5.32 Å². The molecule has 0 saturated heterocycles. The van der Waals surface area contributed by atoms with Crippen molar-refractivity contribution in [1.82, 2.24) is 14.8 Å². The molecule has 0 fully saturated rings. The van der Waals surface area contributed by atoms with Gasteiger partial charge in [-0.3, -0.25) is 0 Å². The summed E-state index contributed by atoms with van der Waals surface area (Å²) < 4.78 is 15.4. The maximum Gasteiger partial charge on any atom is 0.150 e. The van der Waals surface area contributed by atoms with Crippen LogP contribution in [0.4, 0.5) is 10.1 Å².